The third-order valence-corrected chi connectivity index (χ3v) is 3.06. The fourth-order valence-electron chi connectivity index (χ4n) is 2.12. The minimum atomic E-state index is -0.800. The monoisotopic (exact) mass is 226 g/mol. The number of piperidine rings is 1. The van der Waals surface area contributed by atoms with E-state index in [1.807, 2.05) is 4.90 Å². The predicted molar refractivity (Wildman–Crippen MR) is 60.3 cm³/mol. The van der Waals surface area contributed by atoms with E-state index < -0.39 is 11.6 Å². The lowest BCUT2D eigenvalue weighted by atomic mass is 10.1. The summed E-state index contributed by atoms with van der Waals surface area (Å²) in [4.78, 5) is 1.90. The minimum absolute atomic E-state index is 0.0308. The van der Waals surface area contributed by atoms with Crippen molar-refractivity contribution in [2.24, 2.45) is 5.73 Å². The van der Waals surface area contributed by atoms with Gasteiger partial charge in [0.2, 0.25) is 0 Å². The van der Waals surface area contributed by atoms with Gasteiger partial charge in [0.25, 0.3) is 0 Å². The summed E-state index contributed by atoms with van der Waals surface area (Å²) in [6.45, 7) is 1.64. The largest absolute Gasteiger partial charge is 0.369 e. The number of anilines is 1. The van der Waals surface area contributed by atoms with Gasteiger partial charge in [0, 0.05) is 25.2 Å². The molecule has 0 amide bonds. The van der Waals surface area contributed by atoms with E-state index in [4.69, 9.17) is 5.73 Å². The number of hydrogen-bond donors (Lipinski definition) is 1. The molecule has 1 heterocycles. The lowest BCUT2D eigenvalue weighted by molar-refractivity contribution is 0.489. The van der Waals surface area contributed by atoms with Crippen LogP contribution >= 0.6 is 0 Å². The normalized spacial score (nSPS) is 16.6. The summed E-state index contributed by atoms with van der Waals surface area (Å²) in [5, 5.41) is 0. The predicted octanol–water partition coefficient (Wildman–Crippen LogP) is 2.41. The van der Waals surface area contributed by atoms with E-state index in [2.05, 4.69) is 0 Å². The van der Waals surface area contributed by atoms with Crippen LogP contribution in [0.2, 0.25) is 0 Å². The summed E-state index contributed by atoms with van der Waals surface area (Å²) in [7, 11) is 0. The van der Waals surface area contributed by atoms with Gasteiger partial charge in [-0.15, -0.1) is 0 Å². The molecule has 0 aromatic heterocycles. The second kappa shape index (κ2) is 4.78. The van der Waals surface area contributed by atoms with Gasteiger partial charge in [0.15, 0.2) is 11.6 Å². The molecule has 1 aromatic carbocycles. The van der Waals surface area contributed by atoms with Crippen molar-refractivity contribution in [3.05, 3.63) is 29.3 Å². The highest BCUT2D eigenvalue weighted by molar-refractivity contribution is 5.50. The van der Waals surface area contributed by atoms with Crippen molar-refractivity contribution in [2.75, 3.05) is 18.0 Å². The first-order chi connectivity index (χ1) is 7.74. The van der Waals surface area contributed by atoms with E-state index in [1.165, 1.54) is 6.42 Å². The fourth-order valence-corrected chi connectivity index (χ4v) is 2.12. The number of halogens is 2. The summed E-state index contributed by atoms with van der Waals surface area (Å²) in [6, 6.07) is 3.20. The number of nitrogens with two attached hydrogens (primary N) is 1. The molecule has 0 spiro atoms. The summed E-state index contributed by atoms with van der Waals surface area (Å²) in [5.74, 6) is -1.56. The summed E-state index contributed by atoms with van der Waals surface area (Å²) in [5.41, 5.74) is 5.93. The first kappa shape index (κ1) is 11.3. The van der Waals surface area contributed by atoms with Crippen molar-refractivity contribution in [3.63, 3.8) is 0 Å². The van der Waals surface area contributed by atoms with Crippen LogP contribution in [0.4, 0.5) is 14.5 Å². The second-order valence-electron chi connectivity index (χ2n) is 4.12. The van der Waals surface area contributed by atoms with Crippen LogP contribution in [0.5, 0.6) is 0 Å². The molecule has 0 atom stereocenters. The van der Waals surface area contributed by atoms with E-state index in [0.717, 1.165) is 25.9 Å². The van der Waals surface area contributed by atoms with Crippen molar-refractivity contribution in [1.29, 1.82) is 0 Å². The van der Waals surface area contributed by atoms with Gasteiger partial charge in [-0.25, -0.2) is 8.78 Å². The molecule has 0 aliphatic carbocycles. The van der Waals surface area contributed by atoms with Crippen molar-refractivity contribution in [3.8, 4) is 0 Å². The molecular weight excluding hydrogens is 210 g/mol. The Bertz CT molecular complexity index is 374. The van der Waals surface area contributed by atoms with Crippen LogP contribution in [0.3, 0.4) is 0 Å². The summed E-state index contributed by atoms with van der Waals surface area (Å²) < 4.78 is 27.3. The Kier molecular flexibility index (Phi) is 3.39. The smallest absolute Gasteiger partial charge is 0.182 e. The first-order valence-corrected chi connectivity index (χ1v) is 5.66. The summed E-state index contributed by atoms with van der Waals surface area (Å²) in [6.07, 6.45) is 3.25. The molecule has 1 fully saturated rings. The van der Waals surface area contributed by atoms with E-state index in [1.54, 1.807) is 12.1 Å². The molecule has 0 radical (unpaired) electrons. The van der Waals surface area contributed by atoms with Gasteiger partial charge in [-0.1, -0.05) is 6.07 Å². The summed E-state index contributed by atoms with van der Waals surface area (Å²) >= 11 is 0. The number of benzene rings is 1. The van der Waals surface area contributed by atoms with Crippen LogP contribution in [0.15, 0.2) is 12.1 Å². The van der Waals surface area contributed by atoms with Gasteiger partial charge in [0.05, 0.1) is 5.69 Å². The quantitative estimate of drug-likeness (QED) is 0.839. The van der Waals surface area contributed by atoms with Gasteiger partial charge in [-0.05, 0) is 25.3 Å². The van der Waals surface area contributed by atoms with Crippen molar-refractivity contribution in [1.82, 2.24) is 0 Å². The molecule has 1 saturated heterocycles. The number of rotatable bonds is 2. The zero-order valence-electron chi connectivity index (χ0n) is 9.18. The van der Waals surface area contributed by atoms with Gasteiger partial charge in [-0.3, -0.25) is 0 Å². The molecule has 1 aliphatic heterocycles. The Labute approximate surface area is 94.0 Å². The topological polar surface area (TPSA) is 29.3 Å². The van der Waals surface area contributed by atoms with E-state index >= 15 is 0 Å². The standard InChI is InChI=1S/C12H16F2N2/c13-11-9(8-15)4-5-10(12(11)14)16-6-2-1-3-7-16/h4-5H,1-3,6-8,15H2. The molecule has 2 N–H and O–H groups in total. The van der Waals surface area contributed by atoms with Crippen LogP contribution in [0, 0.1) is 11.6 Å². The maximum atomic E-state index is 13.8. The van der Waals surface area contributed by atoms with Crippen LogP contribution in [-0.4, -0.2) is 13.1 Å². The van der Waals surface area contributed by atoms with Gasteiger partial charge in [-0.2, -0.15) is 0 Å². The molecule has 0 unspecified atom stereocenters. The van der Waals surface area contributed by atoms with Gasteiger partial charge < -0.3 is 10.6 Å². The maximum Gasteiger partial charge on any atom is 0.182 e. The Balaban J connectivity index is 2.30. The zero-order chi connectivity index (χ0) is 11.5. The molecule has 2 nitrogen and oxygen atoms in total. The Hall–Kier alpha value is -1.16. The molecule has 4 heteroatoms. The van der Waals surface area contributed by atoms with Crippen molar-refractivity contribution in [2.45, 2.75) is 25.8 Å². The third-order valence-electron chi connectivity index (χ3n) is 3.06. The highest BCUT2D eigenvalue weighted by Crippen LogP contribution is 2.26. The van der Waals surface area contributed by atoms with Crippen LogP contribution < -0.4 is 10.6 Å². The Morgan fingerprint density at radius 1 is 1.06 bits per heavy atom. The molecule has 1 aliphatic rings. The van der Waals surface area contributed by atoms with Crippen LogP contribution in [-0.2, 0) is 6.54 Å². The van der Waals surface area contributed by atoms with E-state index in [-0.39, 0.29) is 12.1 Å². The van der Waals surface area contributed by atoms with Gasteiger partial charge in [0.1, 0.15) is 0 Å². The SMILES string of the molecule is NCc1ccc(N2CCCCC2)c(F)c1F. The van der Waals surface area contributed by atoms with E-state index in [9.17, 15) is 8.78 Å². The lowest BCUT2D eigenvalue weighted by Gasteiger charge is -2.29. The molecule has 88 valence electrons. The van der Waals surface area contributed by atoms with E-state index in [0.29, 0.717) is 5.69 Å². The molecule has 2 rings (SSSR count). The molecular formula is C12H16F2N2. The Morgan fingerprint density at radius 2 is 1.75 bits per heavy atom. The highest BCUT2D eigenvalue weighted by atomic mass is 19.2. The molecule has 0 bridgehead atoms. The van der Waals surface area contributed by atoms with Crippen LogP contribution in [0.1, 0.15) is 24.8 Å². The van der Waals surface area contributed by atoms with Crippen LogP contribution in [0.25, 0.3) is 0 Å². The maximum absolute atomic E-state index is 13.8. The molecule has 1 aromatic rings. The highest BCUT2D eigenvalue weighted by Gasteiger charge is 2.18. The third kappa shape index (κ3) is 2.02. The molecule has 0 saturated carbocycles. The first-order valence-electron chi connectivity index (χ1n) is 5.66. The fraction of sp³-hybridized carbons (Fsp3) is 0.500. The van der Waals surface area contributed by atoms with Crippen molar-refractivity contribution >= 4 is 5.69 Å². The average Bonchev–Trinajstić information content (AvgIpc) is 2.34. The number of nitrogens with zero attached hydrogens (tertiary/aromatic N) is 1. The van der Waals surface area contributed by atoms with Gasteiger partial charge >= 0.3 is 0 Å². The lowest BCUT2D eigenvalue weighted by Crippen LogP contribution is -2.30. The second-order valence-corrected chi connectivity index (χ2v) is 4.12. The van der Waals surface area contributed by atoms with Crippen molar-refractivity contribution < 1.29 is 8.78 Å². The minimum Gasteiger partial charge on any atom is -0.369 e. The number of hydrogen-bond acceptors (Lipinski definition) is 2. The molecule has 16 heavy (non-hydrogen) atoms. The Morgan fingerprint density at radius 3 is 2.38 bits per heavy atom. The zero-order valence-corrected chi connectivity index (χ0v) is 9.18. The average molecular weight is 226 g/mol.